The number of benzene rings is 1. The van der Waals surface area contributed by atoms with Crippen LogP contribution in [0.5, 0.6) is 11.5 Å². The number of likely N-dealkylation sites (tertiary alicyclic amines) is 1. The monoisotopic (exact) mass is 391 g/mol. The molecule has 8 nitrogen and oxygen atoms in total. The Hall–Kier alpha value is -2.77. The van der Waals surface area contributed by atoms with Crippen LogP contribution in [0.15, 0.2) is 18.2 Å². The quantitative estimate of drug-likeness (QED) is 0.547. The minimum Gasteiger partial charge on any atom is -0.493 e. The average molecular weight is 391 g/mol. The second-order valence-corrected chi connectivity index (χ2v) is 6.79. The molecule has 3 amide bonds. The molecule has 28 heavy (non-hydrogen) atoms. The number of unbranched alkanes of at least 4 members (excludes halogenated alkanes) is 1. The fourth-order valence-corrected chi connectivity index (χ4v) is 3.00. The van der Waals surface area contributed by atoms with Crippen LogP contribution in [-0.2, 0) is 9.59 Å². The number of amides is 3. The van der Waals surface area contributed by atoms with Crippen LogP contribution in [0.3, 0.4) is 0 Å². The molecule has 8 heteroatoms. The van der Waals surface area contributed by atoms with Crippen molar-refractivity contribution in [3.63, 3.8) is 0 Å². The molecule has 1 saturated heterocycles. The lowest BCUT2D eigenvalue weighted by molar-refractivity contribution is -0.134. The lowest BCUT2D eigenvalue weighted by Gasteiger charge is -2.30. The molecule has 2 rings (SSSR count). The van der Waals surface area contributed by atoms with E-state index in [0.29, 0.717) is 49.6 Å². The summed E-state index contributed by atoms with van der Waals surface area (Å²) in [5.41, 5.74) is 5.27. The summed E-state index contributed by atoms with van der Waals surface area (Å²) >= 11 is 0. The summed E-state index contributed by atoms with van der Waals surface area (Å²) in [6.07, 6.45) is 3.12. The molecule has 154 valence electrons. The van der Waals surface area contributed by atoms with Gasteiger partial charge in [0.15, 0.2) is 11.5 Å². The van der Waals surface area contributed by atoms with Crippen LogP contribution >= 0.6 is 0 Å². The van der Waals surface area contributed by atoms with E-state index in [2.05, 4.69) is 17.8 Å². The van der Waals surface area contributed by atoms with Crippen LogP contribution in [0.4, 0.5) is 0 Å². The van der Waals surface area contributed by atoms with Crippen molar-refractivity contribution >= 4 is 17.7 Å². The molecule has 1 heterocycles. The van der Waals surface area contributed by atoms with Gasteiger partial charge in [-0.1, -0.05) is 13.3 Å². The Morgan fingerprint density at radius 1 is 1.14 bits per heavy atom. The second kappa shape index (κ2) is 10.5. The second-order valence-electron chi connectivity index (χ2n) is 6.79. The van der Waals surface area contributed by atoms with Crippen molar-refractivity contribution in [2.45, 2.75) is 39.5 Å². The Kier molecular flexibility index (Phi) is 8.10. The first kappa shape index (κ1) is 21.5. The molecule has 2 N–H and O–H groups in total. The third kappa shape index (κ3) is 5.87. The van der Waals surface area contributed by atoms with Gasteiger partial charge >= 0.3 is 0 Å². The summed E-state index contributed by atoms with van der Waals surface area (Å²) in [4.78, 5) is 37.7. The van der Waals surface area contributed by atoms with Crippen molar-refractivity contribution < 1.29 is 23.9 Å². The van der Waals surface area contributed by atoms with E-state index in [9.17, 15) is 14.4 Å². The molecular formula is C20H29N3O5. The molecule has 1 aromatic rings. The van der Waals surface area contributed by atoms with Crippen LogP contribution in [0, 0.1) is 5.92 Å². The van der Waals surface area contributed by atoms with Gasteiger partial charge in [0, 0.05) is 31.5 Å². The lowest BCUT2D eigenvalue weighted by Crippen LogP contribution is -2.47. The van der Waals surface area contributed by atoms with Gasteiger partial charge in [0.05, 0.1) is 13.7 Å². The predicted octanol–water partition coefficient (Wildman–Crippen LogP) is 1.89. The van der Waals surface area contributed by atoms with Gasteiger partial charge in [-0.15, -0.1) is 0 Å². The van der Waals surface area contributed by atoms with Crippen molar-refractivity contribution in [2.24, 2.45) is 5.92 Å². The Morgan fingerprint density at radius 2 is 1.86 bits per heavy atom. The average Bonchev–Trinajstić information content (AvgIpc) is 2.72. The summed E-state index contributed by atoms with van der Waals surface area (Å²) < 4.78 is 10.9. The topological polar surface area (TPSA) is 97.0 Å². The Bertz CT molecular complexity index is 699. The van der Waals surface area contributed by atoms with E-state index < -0.39 is 5.91 Å². The first-order chi connectivity index (χ1) is 13.5. The van der Waals surface area contributed by atoms with E-state index >= 15 is 0 Å². The number of nitrogens with zero attached hydrogens (tertiary/aromatic N) is 1. The van der Waals surface area contributed by atoms with Crippen molar-refractivity contribution in [3.8, 4) is 11.5 Å². The van der Waals surface area contributed by atoms with Gasteiger partial charge in [-0.05, 0) is 37.5 Å². The molecule has 0 aliphatic carbocycles. The van der Waals surface area contributed by atoms with Crippen LogP contribution in [-0.4, -0.2) is 49.4 Å². The fourth-order valence-electron chi connectivity index (χ4n) is 3.00. The van der Waals surface area contributed by atoms with Gasteiger partial charge in [0.25, 0.3) is 5.91 Å². The highest BCUT2D eigenvalue weighted by atomic mass is 16.5. The third-order valence-corrected chi connectivity index (χ3v) is 4.79. The third-order valence-electron chi connectivity index (χ3n) is 4.79. The zero-order chi connectivity index (χ0) is 20.5. The van der Waals surface area contributed by atoms with Crippen molar-refractivity contribution in [1.29, 1.82) is 0 Å². The molecule has 1 aliphatic heterocycles. The first-order valence-electron chi connectivity index (χ1n) is 9.62. The predicted molar refractivity (Wildman–Crippen MR) is 104 cm³/mol. The Balaban J connectivity index is 1.87. The lowest BCUT2D eigenvalue weighted by atomic mass is 9.96. The number of hydrazine groups is 1. The number of methoxy groups -OCH3 is 1. The van der Waals surface area contributed by atoms with Crippen LogP contribution < -0.4 is 20.3 Å². The van der Waals surface area contributed by atoms with Crippen molar-refractivity contribution in [3.05, 3.63) is 23.8 Å². The molecule has 0 unspecified atom stereocenters. The van der Waals surface area contributed by atoms with Gasteiger partial charge in [0.1, 0.15) is 0 Å². The zero-order valence-corrected chi connectivity index (χ0v) is 16.7. The normalized spacial score (nSPS) is 14.3. The summed E-state index contributed by atoms with van der Waals surface area (Å²) in [6.45, 7) is 5.29. The molecular weight excluding hydrogens is 362 g/mol. The largest absolute Gasteiger partial charge is 0.493 e. The fraction of sp³-hybridized carbons (Fsp3) is 0.550. The number of hydrogen-bond donors (Lipinski definition) is 2. The van der Waals surface area contributed by atoms with Gasteiger partial charge in [-0.2, -0.15) is 0 Å². The molecule has 0 saturated carbocycles. The molecule has 0 atom stereocenters. The van der Waals surface area contributed by atoms with E-state index in [1.165, 1.54) is 14.0 Å². The smallest absolute Gasteiger partial charge is 0.269 e. The Labute approximate surface area is 165 Å². The number of rotatable bonds is 7. The number of nitrogens with one attached hydrogen (secondary N) is 2. The number of carbonyl (C=O) groups is 3. The van der Waals surface area contributed by atoms with Gasteiger partial charge in [0.2, 0.25) is 11.8 Å². The van der Waals surface area contributed by atoms with Crippen molar-refractivity contribution in [2.75, 3.05) is 26.8 Å². The van der Waals surface area contributed by atoms with Crippen molar-refractivity contribution in [1.82, 2.24) is 15.8 Å². The standard InChI is InChI=1S/C20H29N3O5/c1-4-5-12-28-17-7-6-16(13-18(17)27-3)20(26)22-21-19(25)15-8-10-23(11-9-15)14(2)24/h6-7,13,15H,4-5,8-12H2,1-3H3,(H,21,25)(H,22,26). The Morgan fingerprint density at radius 3 is 2.46 bits per heavy atom. The van der Waals surface area contributed by atoms with E-state index in [-0.39, 0.29) is 17.7 Å². The molecule has 1 aromatic carbocycles. The molecule has 0 aromatic heterocycles. The SMILES string of the molecule is CCCCOc1ccc(C(=O)NNC(=O)C2CCN(C(C)=O)CC2)cc1OC. The van der Waals surface area contributed by atoms with Crippen LogP contribution in [0.1, 0.15) is 49.9 Å². The maximum absolute atomic E-state index is 12.3. The number of carbonyl (C=O) groups excluding carboxylic acids is 3. The summed E-state index contributed by atoms with van der Waals surface area (Å²) in [5.74, 6) is 0.152. The van der Waals surface area contributed by atoms with Gasteiger partial charge < -0.3 is 14.4 Å². The van der Waals surface area contributed by atoms with E-state index in [0.717, 1.165) is 12.8 Å². The van der Waals surface area contributed by atoms with Gasteiger partial charge in [-0.25, -0.2) is 0 Å². The highest BCUT2D eigenvalue weighted by Gasteiger charge is 2.26. The highest BCUT2D eigenvalue weighted by molar-refractivity contribution is 5.96. The molecule has 1 aliphatic rings. The van der Waals surface area contributed by atoms with E-state index in [1.54, 1.807) is 23.1 Å². The minimum atomic E-state index is -0.437. The summed E-state index contributed by atoms with van der Waals surface area (Å²) in [7, 11) is 1.51. The number of piperidine rings is 1. The number of hydrogen-bond acceptors (Lipinski definition) is 5. The van der Waals surface area contributed by atoms with E-state index in [1.807, 2.05) is 0 Å². The van der Waals surface area contributed by atoms with E-state index in [4.69, 9.17) is 9.47 Å². The highest BCUT2D eigenvalue weighted by Crippen LogP contribution is 2.28. The summed E-state index contributed by atoms with van der Waals surface area (Å²) in [5, 5.41) is 0. The number of ether oxygens (including phenoxy) is 2. The maximum atomic E-state index is 12.3. The molecule has 1 fully saturated rings. The maximum Gasteiger partial charge on any atom is 0.269 e. The van der Waals surface area contributed by atoms with Gasteiger partial charge in [-0.3, -0.25) is 25.2 Å². The summed E-state index contributed by atoms with van der Waals surface area (Å²) in [6, 6.07) is 4.88. The molecule has 0 radical (unpaired) electrons. The van der Waals surface area contributed by atoms with Crippen LogP contribution in [0.25, 0.3) is 0 Å². The molecule has 0 spiro atoms. The minimum absolute atomic E-state index is 0.0169. The molecule has 0 bridgehead atoms. The zero-order valence-electron chi connectivity index (χ0n) is 16.7. The first-order valence-corrected chi connectivity index (χ1v) is 9.62. The van der Waals surface area contributed by atoms with Crippen LogP contribution in [0.2, 0.25) is 0 Å².